The molecule has 0 saturated heterocycles. The number of hydrogen-bond acceptors (Lipinski definition) is 6. The molecule has 0 bridgehead atoms. The molecule has 2 atom stereocenters. The Morgan fingerprint density at radius 1 is 1.45 bits per heavy atom. The molecule has 0 amide bonds. The average molecular weight is 276 g/mol. The van der Waals surface area contributed by atoms with Crippen LogP contribution in [0, 0.1) is 5.92 Å². The van der Waals surface area contributed by atoms with Crippen LogP contribution in [0.1, 0.15) is 55.9 Å². The van der Waals surface area contributed by atoms with Crippen LogP contribution in [0.2, 0.25) is 0 Å². The molecule has 7 nitrogen and oxygen atoms in total. The van der Waals surface area contributed by atoms with E-state index in [2.05, 4.69) is 27.4 Å². The monoisotopic (exact) mass is 276 g/mol. The van der Waals surface area contributed by atoms with Gasteiger partial charge in [-0.25, -0.2) is 4.68 Å². The van der Waals surface area contributed by atoms with Gasteiger partial charge < -0.3 is 10.3 Å². The smallest absolute Gasteiger partial charge is 0.248 e. The topological polar surface area (TPSA) is 95.7 Å². The Kier molecular flexibility index (Phi) is 3.77. The Balaban J connectivity index is 1.65. The normalized spacial score (nSPS) is 22.5. The van der Waals surface area contributed by atoms with Crippen LogP contribution in [-0.2, 0) is 13.1 Å². The lowest BCUT2D eigenvalue weighted by atomic mass is 10.0. The number of nitrogens with zero attached hydrogens (tertiary/aromatic N) is 5. The minimum Gasteiger partial charge on any atom is -0.337 e. The average Bonchev–Trinajstić information content (AvgIpc) is 3.18. The summed E-state index contributed by atoms with van der Waals surface area (Å²) in [6.45, 7) is 3.08. The standard InChI is InChI=1S/C13H20N6O/c1-2-9-3-4-10(5-9)13-15-12(20-17-13)8-19-7-11(6-14)16-18-19/h7,9-10H,2-6,8,14H2,1H3. The lowest BCUT2D eigenvalue weighted by Crippen LogP contribution is -2.02. The van der Waals surface area contributed by atoms with Crippen LogP contribution in [0.4, 0.5) is 0 Å². The van der Waals surface area contributed by atoms with Crippen LogP contribution in [-0.4, -0.2) is 25.1 Å². The number of nitrogens with two attached hydrogens (primary N) is 1. The summed E-state index contributed by atoms with van der Waals surface area (Å²) >= 11 is 0. The van der Waals surface area contributed by atoms with Crippen molar-refractivity contribution in [3.63, 3.8) is 0 Å². The highest BCUT2D eigenvalue weighted by atomic mass is 16.5. The molecule has 1 fully saturated rings. The maximum atomic E-state index is 5.50. The third-order valence-corrected chi connectivity index (χ3v) is 4.06. The fraction of sp³-hybridized carbons (Fsp3) is 0.692. The summed E-state index contributed by atoms with van der Waals surface area (Å²) in [4.78, 5) is 4.49. The van der Waals surface area contributed by atoms with Crippen molar-refractivity contribution >= 4 is 0 Å². The second-order valence-corrected chi connectivity index (χ2v) is 5.44. The minimum atomic E-state index is 0.384. The Morgan fingerprint density at radius 2 is 2.35 bits per heavy atom. The van der Waals surface area contributed by atoms with Crippen LogP contribution in [0.3, 0.4) is 0 Å². The van der Waals surface area contributed by atoms with E-state index in [1.807, 2.05) is 0 Å². The first-order valence-corrected chi connectivity index (χ1v) is 7.20. The highest BCUT2D eigenvalue weighted by Gasteiger charge is 2.28. The third-order valence-electron chi connectivity index (χ3n) is 4.06. The molecule has 0 spiro atoms. The summed E-state index contributed by atoms with van der Waals surface area (Å²) in [5, 5.41) is 12.0. The molecule has 1 saturated carbocycles. The van der Waals surface area contributed by atoms with Crippen LogP contribution in [0.15, 0.2) is 10.7 Å². The number of rotatable bonds is 5. The summed E-state index contributed by atoms with van der Waals surface area (Å²) in [7, 11) is 0. The second-order valence-electron chi connectivity index (χ2n) is 5.44. The third kappa shape index (κ3) is 2.72. The summed E-state index contributed by atoms with van der Waals surface area (Å²) in [5.74, 6) is 2.68. The first-order valence-electron chi connectivity index (χ1n) is 7.20. The number of aromatic nitrogens is 5. The maximum absolute atomic E-state index is 5.50. The van der Waals surface area contributed by atoms with E-state index >= 15 is 0 Å². The van der Waals surface area contributed by atoms with Gasteiger partial charge in [-0.05, 0) is 25.2 Å². The van der Waals surface area contributed by atoms with E-state index in [0.29, 0.717) is 24.9 Å². The van der Waals surface area contributed by atoms with E-state index in [9.17, 15) is 0 Å². The Morgan fingerprint density at radius 3 is 3.05 bits per heavy atom. The lowest BCUT2D eigenvalue weighted by molar-refractivity contribution is 0.356. The summed E-state index contributed by atoms with van der Waals surface area (Å²) in [6, 6.07) is 0. The fourth-order valence-corrected chi connectivity index (χ4v) is 2.83. The molecule has 108 valence electrons. The molecule has 0 radical (unpaired) electrons. The van der Waals surface area contributed by atoms with E-state index in [-0.39, 0.29) is 0 Å². The molecule has 1 aliphatic rings. The Hall–Kier alpha value is -1.76. The van der Waals surface area contributed by atoms with Gasteiger partial charge in [-0.15, -0.1) is 5.10 Å². The van der Waals surface area contributed by atoms with Crippen LogP contribution in [0.25, 0.3) is 0 Å². The molecule has 3 rings (SSSR count). The lowest BCUT2D eigenvalue weighted by Gasteiger charge is -2.04. The van der Waals surface area contributed by atoms with Gasteiger partial charge in [-0.2, -0.15) is 4.98 Å². The van der Waals surface area contributed by atoms with Gasteiger partial charge in [0, 0.05) is 12.5 Å². The first-order chi connectivity index (χ1) is 9.78. The summed E-state index contributed by atoms with van der Waals surface area (Å²) < 4.78 is 6.98. The van der Waals surface area contributed by atoms with Gasteiger partial charge in [0.25, 0.3) is 0 Å². The predicted molar refractivity (Wildman–Crippen MR) is 71.7 cm³/mol. The zero-order valence-electron chi connectivity index (χ0n) is 11.7. The molecule has 0 aliphatic heterocycles. The molecule has 1 aliphatic carbocycles. The number of hydrogen-bond donors (Lipinski definition) is 1. The molecule has 2 N–H and O–H groups in total. The van der Waals surface area contributed by atoms with E-state index in [4.69, 9.17) is 10.3 Å². The van der Waals surface area contributed by atoms with Gasteiger partial charge in [0.05, 0.1) is 11.9 Å². The van der Waals surface area contributed by atoms with Crippen LogP contribution in [0.5, 0.6) is 0 Å². The summed E-state index contributed by atoms with van der Waals surface area (Å²) in [6.07, 6.45) is 6.65. The van der Waals surface area contributed by atoms with Crippen molar-refractivity contribution in [2.45, 2.75) is 51.6 Å². The van der Waals surface area contributed by atoms with Crippen molar-refractivity contribution in [2.75, 3.05) is 0 Å². The molecule has 2 heterocycles. The van der Waals surface area contributed by atoms with Crippen molar-refractivity contribution in [3.05, 3.63) is 23.6 Å². The molecule has 7 heteroatoms. The fourth-order valence-electron chi connectivity index (χ4n) is 2.83. The molecule has 0 aromatic carbocycles. The van der Waals surface area contributed by atoms with Crippen LogP contribution < -0.4 is 5.73 Å². The molecule has 20 heavy (non-hydrogen) atoms. The van der Waals surface area contributed by atoms with E-state index in [0.717, 1.165) is 23.9 Å². The molecular formula is C13H20N6O. The van der Waals surface area contributed by atoms with Gasteiger partial charge in [-0.3, -0.25) is 0 Å². The predicted octanol–water partition coefficient (Wildman–Crippen LogP) is 1.46. The highest BCUT2D eigenvalue weighted by molar-refractivity contribution is 5.00. The first kappa shape index (κ1) is 13.2. The van der Waals surface area contributed by atoms with Crippen molar-refractivity contribution in [3.8, 4) is 0 Å². The van der Waals surface area contributed by atoms with Gasteiger partial charge >= 0.3 is 0 Å². The molecule has 2 unspecified atom stereocenters. The van der Waals surface area contributed by atoms with E-state index < -0.39 is 0 Å². The van der Waals surface area contributed by atoms with Crippen molar-refractivity contribution in [1.29, 1.82) is 0 Å². The molecule has 2 aromatic rings. The SMILES string of the molecule is CCC1CCC(c2noc(Cn3cc(CN)nn3)n2)C1. The van der Waals surface area contributed by atoms with E-state index in [1.165, 1.54) is 19.3 Å². The highest BCUT2D eigenvalue weighted by Crippen LogP contribution is 2.38. The summed E-state index contributed by atoms with van der Waals surface area (Å²) in [5.41, 5.74) is 6.26. The quantitative estimate of drug-likeness (QED) is 0.888. The van der Waals surface area contributed by atoms with Crippen LogP contribution >= 0.6 is 0 Å². The zero-order chi connectivity index (χ0) is 13.9. The van der Waals surface area contributed by atoms with E-state index in [1.54, 1.807) is 10.9 Å². The zero-order valence-corrected chi connectivity index (χ0v) is 11.7. The maximum Gasteiger partial charge on any atom is 0.248 e. The Bertz CT molecular complexity index is 563. The minimum absolute atomic E-state index is 0.384. The van der Waals surface area contributed by atoms with Gasteiger partial charge in [-0.1, -0.05) is 23.7 Å². The molecule has 2 aromatic heterocycles. The van der Waals surface area contributed by atoms with Gasteiger partial charge in [0.2, 0.25) is 5.89 Å². The van der Waals surface area contributed by atoms with Crippen molar-refractivity contribution < 1.29 is 4.52 Å². The Labute approximate surface area is 117 Å². The second kappa shape index (κ2) is 5.70. The van der Waals surface area contributed by atoms with Crippen molar-refractivity contribution in [1.82, 2.24) is 25.1 Å². The van der Waals surface area contributed by atoms with Gasteiger partial charge in [0.1, 0.15) is 6.54 Å². The molecular weight excluding hydrogens is 256 g/mol. The van der Waals surface area contributed by atoms with Crippen molar-refractivity contribution in [2.24, 2.45) is 11.7 Å². The largest absolute Gasteiger partial charge is 0.337 e. The van der Waals surface area contributed by atoms with Gasteiger partial charge in [0.15, 0.2) is 5.82 Å².